The fourth-order valence-corrected chi connectivity index (χ4v) is 5.33. The second kappa shape index (κ2) is 16.3. The van der Waals surface area contributed by atoms with Crippen molar-refractivity contribution in [1.82, 2.24) is 20.1 Å². The van der Waals surface area contributed by atoms with Crippen LogP contribution < -0.4 is 5.32 Å². The maximum absolute atomic E-state index is 11.1. The van der Waals surface area contributed by atoms with Crippen molar-refractivity contribution in [2.45, 2.75) is 102 Å². The predicted octanol–water partition coefficient (Wildman–Crippen LogP) is 8.02. The van der Waals surface area contributed by atoms with Crippen LogP contribution in [0.25, 0.3) is 16.7 Å². The summed E-state index contributed by atoms with van der Waals surface area (Å²) in [5.74, 6) is 0.502. The van der Waals surface area contributed by atoms with Crippen molar-refractivity contribution in [3.8, 4) is 5.69 Å². The van der Waals surface area contributed by atoms with Gasteiger partial charge in [0.05, 0.1) is 11.4 Å². The number of rotatable bonds is 3. The summed E-state index contributed by atoms with van der Waals surface area (Å²) in [4.78, 5) is 15.7. The number of aldehydes is 1. The van der Waals surface area contributed by atoms with Crippen LogP contribution in [0.2, 0.25) is 0 Å². The molecular formula is C31H46N4O. The van der Waals surface area contributed by atoms with Crippen LogP contribution in [0.5, 0.6) is 0 Å². The van der Waals surface area contributed by atoms with Crippen molar-refractivity contribution in [3.63, 3.8) is 0 Å². The second-order valence-corrected chi connectivity index (χ2v) is 10.3. The van der Waals surface area contributed by atoms with Gasteiger partial charge in [-0.2, -0.15) is 5.10 Å². The fourth-order valence-electron chi connectivity index (χ4n) is 5.33. The summed E-state index contributed by atoms with van der Waals surface area (Å²) in [7, 11) is 3.75. The van der Waals surface area contributed by atoms with Crippen LogP contribution in [0.1, 0.15) is 118 Å². The minimum atomic E-state index is 0.502. The summed E-state index contributed by atoms with van der Waals surface area (Å²) in [6, 6.07) is 11.7. The van der Waals surface area contributed by atoms with E-state index in [1.807, 2.05) is 55.3 Å². The second-order valence-electron chi connectivity index (χ2n) is 10.3. The lowest BCUT2D eigenvalue weighted by atomic mass is 9.88. The molecule has 1 aromatic carbocycles. The van der Waals surface area contributed by atoms with Crippen LogP contribution in [-0.2, 0) is 0 Å². The lowest BCUT2D eigenvalue weighted by Crippen LogP contribution is -2.05. The zero-order valence-electron chi connectivity index (χ0n) is 22.6. The molecule has 2 heterocycles. The summed E-state index contributed by atoms with van der Waals surface area (Å²) in [5.41, 5.74) is 3.60. The summed E-state index contributed by atoms with van der Waals surface area (Å²) in [5, 5.41) is 8.86. The molecule has 0 spiro atoms. The Balaban J connectivity index is 0.000000275. The van der Waals surface area contributed by atoms with Gasteiger partial charge in [0.1, 0.15) is 6.29 Å². The average molecular weight is 491 g/mol. The van der Waals surface area contributed by atoms with E-state index in [0.717, 1.165) is 23.0 Å². The zero-order chi connectivity index (χ0) is 25.4. The van der Waals surface area contributed by atoms with Crippen LogP contribution in [-0.4, -0.2) is 35.1 Å². The number of nitrogens with one attached hydrogen (secondary N) is 1. The maximum atomic E-state index is 11.1. The molecule has 1 N–H and O–H groups in total. The summed E-state index contributed by atoms with van der Waals surface area (Å²) in [6.45, 7) is 0. The Kier molecular flexibility index (Phi) is 12.7. The number of carbonyl (C=O) groups excluding carboxylic acids is 1. The van der Waals surface area contributed by atoms with Gasteiger partial charge in [-0.3, -0.25) is 4.79 Å². The zero-order valence-corrected chi connectivity index (χ0v) is 22.6. The van der Waals surface area contributed by atoms with Gasteiger partial charge in [-0.25, -0.2) is 9.67 Å². The Hall–Kier alpha value is -2.53. The quantitative estimate of drug-likeness (QED) is 0.378. The molecule has 0 unspecified atom stereocenters. The number of carbonyl (C=O) groups is 1. The van der Waals surface area contributed by atoms with Crippen molar-refractivity contribution in [1.29, 1.82) is 0 Å². The lowest BCUT2D eigenvalue weighted by molar-refractivity contribution is 0.112. The third kappa shape index (κ3) is 8.55. The van der Waals surface area contributed by atoms with E-state index < -0.39 is 0 Å². The van der Waals surface area contributed by atoms with E-state index in [0.29, 0.717) is 11.5 Å². The molecule has 5 nitrogen and oxygen atoms in total. The van der Waals surface area contributed by atoms with Gasteiger partial charge in [-0.15, -0.1) is 0 Å². The first-order valence-electron chi connectivity index (χ1n) is 14.3. The Labute approximate surface area is 218 Å². The standard InChI is InChI=1S/C21H23N3O.C8H16.C2H7N/c25-15-16-8-6-11-18(14-16)24-21-19(12-7-13-22-21)20(23-24)17-9-4-2-1-3-5-10-17;1-2-4-6-8-7-5-3-1;1-3-2/h6-8,11-15,17H,1-5,9-10H2;1-8H2;3H,1-2H3. The van der Waals surface area contributed by atoms with Crippen LogP contribution in [0.15, 0.2) is 42.6 Å². The SMILES string of the molecule is C1CCCCCCC1.CNC.O=Cc1cccc(-n2nc(C3CCCCCCC3)c3cccnc32)c1. The van der Waals surface area contributed by atoms with Crippen molar-refractivity contribution < 1.29 is 4.79 Å². The molecule has 5 heteroatoms. The molecule has 3 aromatic rings. The summed E-state index contributed by atoms with van der Waals surface area (Å²) >= 11 is 0. The largest absolute Gasteiger partial charge is 0.323 e. The highest BCUT2D eigenvalue weighted by Gasteiger charge is 2.21. The molecule has 36 heavy (non-hydrogen) atoms. The number of benzene rings is 1. The predicted molar refractivity (Wildman–Crippen MR) is 151 cm³/mol. The van der Waals surface area contributed by atoms with Crippen LogP contribution >= 0.6 is 0 Å². The number of fused-ring (bicyclic) bond motifs is 1. The van der Waals surface area contributed by atoms with Gasteiger partial charge < -0.3 is 5.32 Å². The van der Waals surface area contributed by atoms with Gasteiger partial charge >= 0.3 is 0 Å². The van der Waals surface area contributed by atoms with E-state index in [1.54, 1.807) is 0 Å². The van der Waals surface area contributed by atoms with Crippen LogP contribution in [0.4, 0.5) is 0 Å². The van der Waals surface area contributed by atoms with Crippen molar-refractivity contribution >= 4 is 17.3 Å². The summed E-state index contributed by atoms with van der Waals surface area (Å²) in [6.07, 6.45) is 23.7. The summed E-state index contributed by atoms with van der Waals surface area (Å²) < 4.78 is 1.90. The number of pyridine rings is 1. The molecule has 0 aliphatic heterocycles. The molecule has 0 radical (unpaired) electrons. The minimum Gasteiger partial charge on any atom is -0.323 e. The molecule has 2 aliphatic rings. The molecule has 0 bridgehead atoms. The number of nitrogens with zero attached hydrogens (tertiary/aromatic N) is 3. The van der Waals surface area contributed by atoms with Gasteiger partial charge in [-0.05, 0) is 51.2 Å². The van der Waals surface area contributed by atoms with Crippen LogP contribution in [0.3, 0.4) is 0 Å². The Morgan fingerprint density at radius 1 is 0.806 bits per heavy atom. The third-order valence-electron chi connectivity index (χ3n) is 7.21. The molecule has 196 valence electrons. The highest BCUT2D eigenvalue weighted by molar-refractivity contribution is 5.81. The fraction of sp³-hybridized carbons (Fsp3) is 0.581. The smallest absolute Gasteiger partial charge is 0.163 e. The highest BCUT2D eigenvalue weighted by Crippen LogP contribution is 2.34. The van der Waals surface area contributed by atoms with Crippen molar-refractivity contribution in [2.75, 3.05) is 14.1 Å². The van der Waals surface area contributed by atoms with E-state index in [9.17, 15) is 4.79 Å². The normalized spacial score (nSPS) is 17.3. The van der Waals surface area contributed by atoms with E-state index in [4.69, 9.17) is 5.10 Å². The van der Waals surface area contributed by atoms with Gasteiger partial charge in [-0.1, -0.05) is 95.6 Å². The number of hydrogen-bond donors (Lipinski definition) is 1. The Morgan fingerprint density at radius 3 is 1.92 bits per heavy atom. The molecule has 2 fully saturated rings. The van der Waals surface area contributed by atoms with E-state index in [1.165, 1.54) is 102 Å². The highest BCUT2D eigenvalue weighted by atomic mass is 16.1. The van der Waals surface area contributed by atoms with E-state index in [2.05, 4.69) is 16.4 Å². The lowest BCUT2D eigenvalue weighted by Gasteiger charge is -2.18. The first-order valence-corrected chi connectivity index (χ1v) is 14.3. The van der Waals surface area contributed by atoms with E-state index in [-0.39, 0.29) is 0 Å². The van der Waals surface area contributed by atoms with Crippen molar-refractivity contribution in [2.24, 2.45) is 0 Å². The van der Waals surface area contributed by atoms with Gasteiger partial charge in [0, 0.05) is 23.1 Å². The molecule has 5 rings (SSSR count). The molecule has 0 saturated heterocycles. The monoisotopic (exact) mass is 490 g/mol. The molecule has 0 atom stereocenters. The van der Waals surface area contributed by atoms with Gasteiger partial charge in [0.2, 0.25) is 0 Å². The van der Waals surface area contributed by atoms with Crippen LogP contribution in [0, 0.1) is 0 Å². The molecule has 2 saturated carbocycles. The van der Waals surface area contributed by atoms with E-state index >= 15 is 0 Å². The van der Waals surface area contributed by atoms with Crippen molar-refractivity contribution in [3.05, 3.63) is 53.9 Å². The Morgan fingerprint density at radius 2 is 1.36 bits per heavy atom. The molecule has 0 amide bonds. The number of aromatic nitrogens is 3. The first-order chi connectivity index (χ1) is 17.8. The molecular weight excluding hydrogens is 444 g/mol. The average Bonchev–Trinajstić information content (AvgIpc) is 3.24. The Bertz CT molecular complexity index is 996. The topological polar surface area (TPSA) is 59.8 Å². The maximum Gasteiger partial charge on any atom is 0.163 e. The first kappa shape index (κ1) is 28.0. The minimum absolute atomic E-state index is 0.502. The van der Waals surface area contributed by atoms with Gasteiger partial charge in [0.25, 0.3) is 0 Å². The molecule has 2 aromatic heterocycles. The number of hydrogen-bond acceptors (Lipinski definition) is 4. The molecule has 2 aliphatic carbocycles. The third-order valence-corrected chi connectivity index (χ3v) is 7.21. The van der Waals surface area contributed by atoms with Gasteiger partial charge in [0.15, 0.2) is 5.65 Å².